The third-order valence-electron chi connectivity index (χ3n) is 4.80. The van der Waals surface area contributed by atoms with Gasteiger partial charge in [0.1, 0.15) is 0 Å². The standard InChI is InChI=1S/C20H28N4O2S2.HI/c1-16-10-11-18(27-16)15-23-20(21-2)22-14-17-8-4-5-9-19(17)28(25,26)24-12-6-3-7-13-24;/h4-5,8-11H,3,6-7,12-15H2,1-2H3,(H2,21,22,23);1H. The summed E-state index contributed by atoms with van der Waals surface area (Å²) >= 11 is 1.75. The summed E-state index contributed by atoms with van der Waals surface area (Å²) in [5, 5.41) is 6.52. The first-order valence-electron chi connectivity index (χ1n) is 9.58. The molecule has 0 aliphatic carbocycles. The highest BCUT2D eigenvalue weighted by Crippen LogP contribution is 2.23. The molecule has 0 spiro atoms. The largest absolute Gasteiger partial charge is 0.352 e. The topological polar surface area (TPSA) is 73.8 Å². The van der Waals surface area contributed by atoms with Gasteiger partial charge in [0.05, 0.1) is 11.4 Å². The summed E-state index contributed by atoms with van der Waals surface area (Å²) in [6, 6.07) is 11.4. The van der Waals surface area contributed by atoms with Crippen LogP contribution in [-0.2, 0) is 23.1 Å². The van der Waals surface area contributed by atoms with Gasteiger partial charge in [0, 0.05) is 36.4 Å². The van der Waals surface area contributed by atoms with Crippen LogP contribution >= 0.6 is 35.3 Å². The number of thiophene rings is 1. The number of halogens is 1. The summed E-state index contributed by atoms with van der Waals surface area (Å²) in [6.07, 6.45) is 2.96. The number of piperidine rings is 1. The number of nitrogens with zero attached hydrogens (tertiary/aromatic N) is 2. The Kier molecular flexibility index (Phi) is 9.38. The lowest BCUT2D eigenvalue weighted by Crippen LogP contribution is -2.38. The van der Waals surface area contributed by atoms with Gasteiger partial charge in [0.2, 0.25) is 10.0 Å². The van der Waals surface area contributed by atoms with Crippen molar-refractivity contribution in [3.05, 3.63) is 51.7 Å². The zero-order valence-electron chi connectivity index (χ0n) is 16.8. The van der Waals surface area contributed by atoms with Crippen LogP contribution in [0, 0.1) is 6.92 Å². The lowest BCUT2D eigenvalue weighted by molar-refractivity contribution is 0.346. The maximum Gasteiger partial charge on any atom is 0.243 e. The molecule has 160 valence electrons. The molecule has 0 amide bonds. The molecule has 1 fully saturated rings. The summed E-state index contributed by atoms with van der Waals surface area (Å²) in [6.45, 7) is 4.38. The molecule has 6 nitrogen and oxygen atoms in total. The van der Waals surface area contributed by atoms with Crippen LogP contribution in [-0.4, -0.2) is 38.8 Å². The van der Waals surface area contributed by atoms with Crippen molar-refractivity contribution in [1.82, 2.24) is 14.9 Å². The first kappa shape index (κ1) is 24.1. The molecule has 1 aliphatic heterocycles. The van der Waals surface area contributed by atoms with Crippen molar-refractivity contribution >= 4 is 51.3 Å². The van der Waals surface area contributed by atoms with Crippen LogP contribution in [0.1, 0.15) is 34.6 Å². The number of benzene rings is 1. The van der Waals surface area contributed by atoms with Crippen LogP contribution in [0.4, 0.5) is 0 Å². The Bertz CT molecular complexity index is 922. The van der Waals surface area contributed by atoms with E-state index in [0.717, 1.165) is 24.8 Å². The highest BCUT2D eigenvalue weighted by Gasteiger charge is 2.27. The van der Waals surface area contributed by atoms with Gasteiger partial charge in [-0.25, -0.2) is 8.42 Å². The SMILES string of the molecule is CN=C(NCc1ccc(C)s1)NCc1ccccc1S(=O)(=O)N1CCCCC1.I. The maximum atomic E-state index is 13.1. The average Bonchev–Trinajstić information content (AvgIpc) is 3.14. The Balaban J connectivity index is 0.00000300. The third kappa shape index (κ3) is 6.40. The molecule has 3 rings (SSSR count). The van der Waals surface area contributed by atoms with E-state index in [9.17, 15) is 8.42 Å². The van der Waals surface area contributed by atoms with E-state index in [1.54, 1.807) is 34.8 Å². The van der Waals surface area contributed by atoms with Crippen molar-refractivity contribution in [2.45, 2.75) is 44.2 Å². The Morgan fingerprint density at radius 2 is 1.76 bits per heavy atom. The number of aryl methyl sites for hydroxylation is 1. The maximum absolute atomic E-state index is 13.1. The Hall–Kier alpha value is -1.17. The van der Waals surface area contributed by atoms with E-state index in [-0.39, 0.29) is 24.0 Å². The van der Waals surface area contributed by atoms with Gasteiger partial charge in [0.25, 0.3) is 0 Å². The van der Waals surface area contributed by atoms with Crippen molar-refractivity contribution < 1.29 is 8.42 Å². The molecule has 29 heavy (non-hydrogen) atoms. The third-order valence-corrected chi connectivity index (χ3v) is 7.80. The van der Waals surface area contributed by atoms with Gasteiger partial charge in [-0.1, -0.05) is 24.6 Å². The fraction of sp³-hybridized carbons (Fsp3) is 0.450. The predicted molar refractivity (Wildman–Crippen MR) is 131 cm³/mol. The van der Waals surface area contributed by atoms with Crippen LogP contribution in [0.3, 0.4) is 0 Å². The zero-order chi connectivity index (χ0) is 20.0. The molecule has 2 aromatic rings. The molecule has 1 aliphatic rings. The van der Waals surface area contributed by atoms with E-state index in [4.69, 9.17) is 0 Å². The summed E-state index contributed by atoms with van der Waals surface area (Å²) < 4.78 is 27.8. The van der Waals surface area contributed by atoms with E-state index >= 15 is 0 Å². The van der Waals surface area contributed by atoms with E-state index in [2.05, 4.69) is 34.7 Å². The van der Waals surface area contributed by atoms with Crippen LogP contribution < -0.4 is 10.6 Å². The number of guanidine groups is 1. The average molecular weight is 549 g/mol. The minimum Gasteiger partial charge on any atom is -0.352 e. The second-order valence-electron chi connectivity index (χ2n) is 6.86. The second-order valence-corrected chi connectivity index (χ2v) is 10.1. The van der Waals surface area contributed by atoms with E-state index in [0.29, 0.717) is 37.0 Å². The van der Waals surface area contributed by atoms with Gasteiger partial charge >= 0.3 is 0 Å². The van der Waals surface area contributed by atoms with Crippen molar-refractivity contribution in [3.8, 4) is 0 Å². The molecule has 1 aromatic carbocycles. The molecule has 9 heteroatoms. The Labute approximate surface area is 194 Å². The molecule has 0 saturated carbocycles. The van der Waals surface area contributed by atoms with Crippen LogP contribution in [0.2, 0.25) is 0 Å². The Morgan fingerprint density at radius 1 is 1.07 bits per heavy atom. The number of hydrogen-bond donors (Lipinski definition) is 2. The monoisotopic (exact) mass is 548 g/mol. The van der Waals surface area contributed by atoms with Crippen molar-refractivity contribution in [2.24, 2.45) is 4.99 Å². The molecule has 2 heterocycles. The number of rotatable bonds is 6. The van der Waals surface area contributed by atoms with Crippen molar-refractivity contribution in [3.63, 3.8) is 0 Å². The summed E-state index contributed by atoms with van der Waals surface area (Å²) in [5.74, 6) is 0.649. The predicted octanol–water partition coefficient (Wildman–Crippen LogP) is 3.71. The lowest BCUT2D eigenvalue weighted by Gasteiger charge is -2.27. The second kappa shape index (κ2) is 11.3. The van der Waals surface area contributed by atoms with Crippen LogP contribution in [0.5, 0.6) is 0 Å². The van der Waals surface area contributed by atoms with Gasteiger partial charge in [-0.2, -0.15) is 4.31 Å². The molecule has 0 bridgehead atoms. The van der Waals surface area contributed by atoms with E-state index in [1.807, 2.05) is 12.1 Å². The number of sulfonamides is 1. The Morgan fingerprint density at radius 3 is 2.41 bits per heavy atom. The lowest BCUT2D eigenvalue weighted by atomic mass is 10.2. The molecule has 2 N–H and O–H groups in total. The minimum atomic E-state index is -3.47. The van der Waals surface area contributed by atoms with Crippen molar-refractivity contribution in [1.29, 1.82) is 0 Å². The highest BCUT2D eigenvalue weighted by molar-refractivity contribution is 14.0. The molecule has 1 saturated heterocycles. The first-order valence-corrected chi connectivity index (χ1v) is 11.8. The van der Waals surface area contributed by atoms with Crippen LogP contribution in [0.15, 0.2) is 46.3 Å². The molecule has 0 radical (unpaired) electrons. The number of hydrogen-bond acceptors (Lipinski definition) is 4. The minimum absolute atomic E-state index is 0. The van der Waals surface area contributed by atoms with E-state index in [1.165, 1.54) is 9.75 Å². The molecule has 0 unspecified atom stereocenters. The quantitative estimate of drug-likeness (QED) is 0.328. The summed E-state index contributed by atoms with van der Waals surface area (Å²) in [5.41, 5.74) is 0.753. The normalized spacial score (nSPS) is 15.6. The fourth-order valence-corrected chi connectivity index (χ4v) is 5.87. The zero-order valence-corrected chi connectivity index (χ0v) is 20.8. The van der Waals surface area contributed by atoms with Crippen molar-refractivity contribution in [2.75, 3.05) is 20.1 Å². The highest BCUT2D eigenvalue weighted by atomic mass is 127. The van der Waals surface area contributed by atoms with Gasteiger partial charge in [-0.3, -0.25) is 4.99 Å². The van der Waals surface area contributed by atoms with Gasteiger partial charge < -0.3 is 10.6 Å². The summed E-state index contributed by atoms with van der Waals surface area (Å²) in [7, 11) is -1.75. The molecular weight excluding hydrogens is 519 g/mol. The van der Waals surface area contributed by atoms with Gasteiger partial charge in [0.15, 0.2) is 5.96 Å². The first-order chi connectivity index (χ1) is 13.5. The summed E-state index contributed by atoms with van der Waals surface area (Å²) in [4.78, 5) is 7.13. The number of aliphatic imine (C=N–C) groups is 1. The van der Waals surface area contributed by atoms with Gasteiger partial charge in [-0.15, -0.1) is 35.3 Å². The van der Waals surface area contributed by atoms with Crippen LogP contribution in [0.25, 0.3) is 0 Å². The number of nitrogens with one attached hydrogen (secondary N) is 2. The van der Waals surface area contributed by atoms with E-state index < -0.39 is 10.0 Å². The molecular formula is C20H29IN4O2S2. The molecule has 0 atom stereocenters. The fourth-order valence-electron chi connectivity index (χ4n) is 3.30. The smallest absolute Gasteiger partial charge is 0.243 e. The van der Waals surface area contributed by atoms with Gasteiger partial charge in [-0.05, 0) is 43.5 Å². The molecule has 1 aromatic heterocycles.